The average molecular weight is 250 g/mol. The van der Waals surface area contributed by atoms with E-state index in [-0.39, 0.29) is 18.5 Å². The van der Waals surface area contributed by atoms with Gasteiger partial charge in [-0.25, -0.2) is 0 Å². The minimum Gasteiger partial charge on any atom is -0.472 e. The van der Waals surface area contributed by atoms with Gasteiger partial charge in [-0.15, -0.1) is 12.4 Å². The van der Waals surface area contributed by atoms with Crippen LogP contribution >= 0.6 is 24.0 Å². The molecule has 1 fully saturated rings. The van der Waals surface area contributed by atoms with Crippen LogP contribution in [0.2, 0.25) is 5.15 Å². The maximum Gasteiger partial charge on any atom is 0.234 e. The van der Waals surface area contributed by atoms with Crippen LogP contribution in [-0.2, 0) is 0 Å². The van der Waals surface area contributed by atoms with Gasteiger partial charge in [0.25, 0.3) is 0 Å². The highest BCUT2D eigenvalue weighted by atomic mass is 35.5. The summed E-state index contributed by atoms with van der Waals surface area (Å²) in [7, 11) is 0. The molecule has 1 N–H and O–H groups in total. The Bertz CT molecular complexity index is 305. The monoisotopic (exact) mass is 249 g/mol. The van der Waals surface area contributed by atoms with E-state index >= 15 is 0 Å². The molecule has 1 unspecified atom stereocenters. The molecule has 84 valence electrons. The predicted octanol–water partition coefficient (Wildman–Crippen LogP) is 1.68. The maximum atomic E-state index is 5.69. The van der Waals surface area contributed by atoms with E-state index in [9.17, 15) is 0 Å². The van der Waals surface area contributed by atoms with Crippen molar-refractivity contribution in [3.05, 3.63) is 17.5 Å². The molecule has 0 aliphatic carbocycles. The Morgan fingerprint density at radius 1 is 1.47 bits per heavy atom. The van der Waals surface area contributed by atoms with Crippen LogP contribution in [0.3, 0.4) is 0 Å². The van der Waals surface area contributed by atoms with E-state index in [1.807, 2.05) is 0 Å². The molecule has 0 radical (unpaired) electrons. The molecule has 1 aliphatic heterocycles. The van der Waals surface area contributed by atoms with Crippen LogP contribution in [0.1, 0.15) is 12.8 Å². The van der Waals surface area contributed by atoms with E-state index in [0.717, 1.165) is 25.9 Å². The van der Waals surface area contributed by atoms with Crippen LogP contribution in [0.15, 0.2) is 12.4 Å². The second-order valence-corrected chi connectivity index (χ2v) is 3.65. The molecular formula is C9H13Cl2N3O. The Morgan fingerprint density at radius 2 is 2.33 bits per heavy atom. The van der Waals surface area contributed by atoms with Gasteiger partial charge in [0.2, 0.25) is 5.88 Å². The first kappa shape index (κ1) is 12.5. The molecular weight excluding hydrogens is 237 g/mol. The van der Waals surface area contributed by atoms with E-state index in [1.165, 1.54) is 6.20 Å². The van der Waals surface area contributed by atoms with Gasteiger partial charge in [-0.1, -0.05) is 11.6 Å². The standard InChI is InChI=1S/C9H12ClN3O.ClH/c10-8-5-12-6-9(13-8)14-7-2-1-3-11-4-7;/h5-7,11H,1-4H2;1H. The molecule has 1 aliphatic rings. The molecule has 2 heterocycles. The van der Waals surface area contributed by atoms with Crippen molar-refractivity contribution in [2.45, 2.75) is 18.9 Å². The topological polar surface area (TPSA) is 47.0 Å². The zero-order chi connectivity index (χ0) is 9.80. The smallest absolute Gasteiger partial charge is 0.234 e. The summed E-state index contributed by atoms with van der Waals surface area (Å²) in [5.41, 5.74) is 0. The van der Waals surface area contributed by atoms with Crippen LogP contribution in [0, 0.1) is 0 Å². The van der Waals surface area contributed by atoms with E-state index in [0.29, 0.717) is 11.0 Å². The first-order valence-electron chi connectivity index (χ1n) is 4.69. The third-order valence-corrected chi connectivity index (χ3v) is 2.30. The number of rotatable bonds is 2. The minimum absolute atomic E-state index is 0. The molecule has 4 nitrogen and oxygen atoms in total. The second kappa shape index (κ2) is 6.10. The Morgan fingerprint density at radius 3 is 3.00 bits per heavy atom. The number of nitrogens with one attached hydrogen (secondary N) is 1. The number of nitrogens with zero attached hydrogens (tertiary/aromatic N) is 2. The van der Waals surface area contributed by atoms with Gasteiger partial charge in [-0.3, -0.25) is 4.98 Å². The van der Waals surface area contributed by atoms with Crippen LogP contribution in [0.5, 0.6) is 5.88 Å². The fourth-order valence-electron chi connectivity index (χ4n) is 1.47. The second-order valence-electron chi connectivity index (χ2n) is 3.27. The van der Waals surface area contributed by atoms with Gasteiger partial charge in [0.05, 0.1) is 12.4 Å². The predicted molar refractivity (Wildman–Crippen MR) is 60.8 cm³/mol. The van der Waals surface area contributed by atoms with E-state index in [2.05, 4.69) is 15.3 Å². The fourth-order valence-corrected chi connectivity index (χ4v) is 1.61. The number of aromatic nitrogens is 2. The molecule has 0 amide bonds. The number of ether oxygens (including phenoxy) is 1. The number of halogens is 2. The van der Waals surface area contributed by atoms with Crippen molar-refractivity contribution in [2.75, 3.05) is 13.1 Å². The highest BCUT2D eigenvalue weighted by Crippen LogP contribution is 2.13. The molecule has 15 heavy (non-hydrogen) atoms. The quantitative estimate of drug-likeness (QED) is 0.867. The Balaban J connectivity index is 0.00000112. The van der Waals surface area contributed by atoms with E-state index in [1.54, 1.807) is 6.20 Å². The van der Waals surface area contributed by atoms with E-state index in [4.69, 9.17) is 16.3 Å². The van der Waals surface area contributed by atoms with Gasteiger partial charge in [0.1, 0.15) is 6.10 Å². The number of hydrogen-bond acceptors (Lipinski definition) is 4. The van der Waals surface area contributed by atoms with Gasteiger partial charge >= 0.3 is 0 Å². The lowest BCUT2D eigenvalue weighted by Gasteiger charge is -2.23. The molecule has 1 aromatic rings. The summed E-state index contributed by atoms with van der Waals surface area (Å²) in [5.74, 6) is 0.506. The van der Waals surface area contributed by atoms with Gasteiger partial charge in [0.15, 0.2) is 5.15 Å². The summed E-state index contributed by atoms with van der Waals surface area (Å²) in [5, 5.41) is 3.63. The Hall–Kier alpha value is -0.580. The summed E-state index contributed by atoms with van der Waals surface area (Å²) >= 11 is 5.69. The van der Waals surface area contributed by atoms with Crippen molar-refractivity contribution in [3.8, 4) is 5.88 Å². The molecule has 6 heteroatoms. The van der Waals surface area contributed by atoms with Crippen molar-refractivity contribution in [2.24, 2.45) is 0 Å². The van der Waals surface area contributed by atoms with Crippen molar-refractivity contribution in [1.29, 1.82) is 0 Å². The van der Waals surface area contributed by atoms with Crippen LogP contribution in [-0.4, -0.2) is 29.2 Å². The van der Waals surface area contributed by atoms with Gasteiger partial charge in [-0.2, -0.15) is 4.98 Å². The zero-order valence-corrected chi connectivity index (χ0v) is 9.72. The van der Waals surface area contributed by atoms with Gasteiger partial charge < -0.3 is 10.1 Å². The van der Waals surface area contributed by atoms with Gasteiger partial charge in [-0.05, 0) is 19.4 Å². The molecule has 0 saturated carbocycles. The van der Waals surface area contributed by atoms with Crippen molar-refractivity contribution in [1.82, 2.24) is 15.3 Å². The summed E-state index contributed by atoms with van der Waals surface area (Å²) in [6, 6.07) is 0. The number of piperidine rings is 1. The molecule has 1 atom stereocenters. The summed E-state index contributed by atoms with van der Waals surface area (Å²) < 4.78 is 5.62. The largest absolute Gasteiger partial charge is 0.472 e. The SMILES string of the molecule is Cl.Clc1cncc(OC2CCCNC2)n1. The molecule has 2 rings (SSSR count). The summed E-state index contributed by atoms with van der Waals surface area (Å²) in [6.45, 7) is 1.94. The Kier molecular flexibility index (Phi) is 5.08. The van der Waals surface area contributed by atoms with Crippen LogP contribution in [0.4, 0.5) is 0 Å². The fraction of sp³-hybridized carbons (Fsp3) is 0.556. The first-order valence-corrected chi connectivity index (χ1v) is 5.07. The molecule has 1 saturated heterocycles. The van der Waals surface area contributed by atoms with Crippen molar-refractivity contribution in [3.63, 3.8) is 0 Å². The average Bonchev–Trinajstić information content (AvgIpc) is 2.19. The Labute approximate surface area is 99.8 Å². The number of hydrogen-bond donors (Lipinski definition) is 1. The van der Waals surface area contributed by atoms with Crippen LogP contribution < -0.4 is 10.1 Å². The highest BCUT2D eigenvalue weighted by molar-refractivity contribution is 6.29. The van der Waals surface area contributed by atoms with Crippen molar-refractivity contribution >= 4 is 24.0 Å². The third kappa shape index (κ3) is 3.81. The molecule has 1 aromatic heterocycles. The summed E-state index contributed by atoms with van der Waals surface area (Å²) in [6.07, 6.45) is 5.46. The molecule has 0 aromatic carbocycles. The third-order valence-electron chi connectivity index (χ3n) is 2.12. The lowest BCUT2D eigenvalue weighted by molar-refractivity contribution is 0.160. The molecule has 0 spiro atoms. The zero-order valence-electron chi connectivity index (χ0n) is 8.15. The van der Waals surface area contributed by atoms with Crippen molar-refractivity contribution < 1.29 is 4.74 Å². The van der Waals surface area contributed by atoms with E-state index < -0.39 is 0 Å². The molecule has 0 bridgehead atoms. The lowest BCUT2D eigenvalue weighted by atomic mass is 10.1. The maximum absolute atomic E-state index is 5.69. The summed E-state index contributed by atoms with van der Waals surface area (Å²) in [4.78, 5) is 7.93. The first-order chi connectivity index (χ1) is 6.84. The highest BCUT2D eigenvalue weighted by Gasteiger charge is 2.14. The lowest BCUT2D eigenvalue weighted by Crippen LogP contribution is -2.37. The minimum atomic E-state index is 0. The normalized spacial score (nSPS) is 20.5. The van der Waals surface area contributed by atoms with Gasteiger partial charge in [0, 0.05) is 6.54 Å². The van der Waals surface area contributed by atoms with Crippen LogP contribution in [0.25, 0.3) is 0 Å².